The summed E-state index contributed by atoms with van der Waals surface area (Å²) in [6, 6.07) is 6.30. The van der Waals surface area contributed by atoms with Gasteiger partial charge < -0.3 is 10.1 Å². The molecule has 0 radical (unpaired) electrons. The lowest BCUT2D eigenvalue weighted by Crippen LogP contribution is -2.16. The van der Waals surface area contributed by atoms with Gasteiger partial charge in [-0.1, -0.05) is 12.1 Å². The largest absolute Gasteiger partial charge is 0.375 e. The Morgan fingerprint density at radius 2 is 2.37 bits per heavy atom. The van der Waals surface area contributed by atoms with Crippen molar-refractivity contribution in [1.82, 2.24) is 9.78 Å². The van der Waals surface area contributed by atoms with Crippen LogP contribution in [0.2, 0.25) is 0 Å². The molecule has 0 saturated carbocycles. The number of anilines is 1. The number of aromatic nitrogens is 2. The average molecular weight is 263 g/mol. The average Bonchev–Trinajstić information content (AvgIpc) is 2.76. The quantitative estimate of drug-likeness (QED) is 0.892. The summed E-state index contributed by atoms with van der Waals surface area (Å²) >= 11 is 0. The molecule has 5 nitrogen and oxygen atoms in total. The lowest BCUT2D eigenvalue weighted by atomic mass is 10.2. The maximum atomic E-state index is 13.0. The molecule has 1 aromatic carbocycles. The van der Waals surface area contributed by atoms with Gasteiger partial charge >= 0.3 is 0 Å². The van der Waals surface area contributed by atoms with Crippen molar-refractivity contribution in [1.29, 1.82) is 0 Å². The van der Waals surface area contributed by atoms with Crippen molar-refractivity contribution in [2.75, 3.05) is 19.0 Å². The highest BCUT2D eigenvalue weighted by molar-refractivity contribution is 5.91. The molecule has 0 aliphatic heterocycles. The molecule has 0 saturated heterocycles. The van der Waals surface area contributed by atoms with Gasteiger partial charge in [-0.05, 0) is 17.7 Å². The number of ether oxygens (including phenoxy) is 1. The molecule has 0 aliphatic carbocycles. The van der Waals surface area contributed by atoms with Gasteiger partial charge in [-0.2, -0.15) is 5.10 Å². The van der Waals surface area contributed by atoms with Gasteiger partial charge in [-0.25, -0.2) is 4.39 Å². The third-order valence-electron chi connectivity index (χ3n) is 2.43. The molecule has 0 unspecified atom stereocenters. The number of nitrogens with one attached hydrogen (secondary N) is 1. The van der Waals surface area contributed by atoms with Crippen LogP contribution in [0.5, 0.6) is 0 Å². The van der Waals surface area contributed by atoms with Crippen LogP contribution in [-0.2, 0) is 16.1 Å². The molecule has 1 amide bonds. The van der Waals surface area contributed by atoms with Gasteiger partial charge in [0.1, 0.15) is 12.4 Å². The van der Waals surface area contributed by atoms with E-state index >= 15 is 0 Å². The molecule has 6 heteroatoms. The zero-order chi connectivity index (χ0) is 13.7. The Bertz CT molecular complexity index is 569. The van der Waals surface area contributed by atoms with E-state index in [9.17, 15) is 9.18 Å². The van der Waals surface area contributed by atoms with Crippen molar-refractivity contribution in [3.05, 3.63) is 48.0 Å². The Balaban J connectivity index is 1.99. The van der Waals surface area contributed by atoms with E-state index in [0.29, 0.717) is 12.2 Å². The van der Waals surface area contributed by atoms with Crippen LogP contribution in [-0.4, -0.2) is 29.4 Å². The summed E-state index contributed by atoms with van der Waals surface area (Å²) < 4.78 is 19.4. The fourth-order valence-corrected chi connectivity index (χ4v) is 1.67. The maximum Gasteiger partial charge on any atom is 0.250 e. The van der Waals surface area contributed by atoms with E-state index in [1.54, 1.807) is 16.9 Å². The minimum atomic E-state index is -0.279. The molecule has 0 aliphatic rings. The van der Waals surface area contributed by atoms with Gasteiger partial charge in [0, 0.05) is 13.3 Å². The second kappa shape index (κ2) is 6.10. The Morgan fingerprint density at radius 3 is 3.11 bits per heavy atom. The van der Waals surface area contributed by atoms with Crippen LogP contribution in [0.15, 0.2) is 36.7 Å². The van der Waals surface area contributed by atoms with E-state index < -0.39 is 0 Å². The lowest BCUT2D eigenvalue weighted by molar-refractivity contribution is -0.119. The molecule has 0 fully saturated rings. The number of benzene rings is 1. The van der Waals surface area contributed by atoms with Crippen LogP contribution in [0.4, 0.5) is 10.1 Å². The fourth-order valence-electron chi connectivity index (χ4n) is 1.67. The van der Waals surface area contributed by atoms with E-state index in [4.69, 9.17) is 4.74 Å². The molecule has 100 valence electrons. The van der Waals surface area contributed by atoms with Crippen molar-refractivity contribution in [3.8, 4) is 0 Å². The number of nitrogens with zero attached hydrogens (tertiary/aromatic N) is 2. The number of carbonyl (C=O) groups excluding carboxylic acids is 1. The minimum absolute atomic E-state index is 0.00488. The summed E-state index contributed by atoms with van der Waals surface area (Å²) in [4.78, 5) is 11.3. The summed E-state index contributed by atoms with van der Waals surface area (Å²) in [7, 11) is 1.45. The summed E-state index contributed by atoms with van der Waals surface area (Å²) in [5.41, 5.74) is 1.39. The molecule has 2 rings (SSSR count). The van der Waals surface area contributed by atoms with Gasteiger partial charge in [0.15, 0.2) is 0 Å². The van der Waals surface area contributed by atoms with Crippen molar-refractivity contribution >= 4 is 11.6 Å². The van der Waals surface area contributed by atoms with E-state index in [2.05, 4.69) is 10.4 Å². The Labute approximate surface area is 110 Å². The second-order valence-corrected chi connectivity index (χ2v) is 4.04. The number of rotatable bonds is 5. The van der Waals surface area contributed by atoms with Gasteiger partial charge in [0.05, 0.1) is 18.4 Å². The zero-order valence-corrected chi connectivity index (χ0v) is 10.5. The number of hydrogen-bond acceptors (Lipinski definition) is 3. The number of amides is 1. The van der Waals surface area contributed by atoms with E-state index in [1.165, 1.54) is 25.4 Å². The molecule has 0 spiro atoms. The van der Waals surface area contributed by atoms with E-state index in [1.807, 2.05) is 6.07 Å². The highest BCUT2D eigenvalue weighted by Crippen LogP contribution is 2.09. The van der Waals surface area contributed by atoms with Crippen molar-refractivity contribution in [2.45, 2.75) is 6.54 Å². The van der Waals surface area contributed by atoms with Crippen LogP contribution in [0.1, 0.15) is 5.56 Å². The number of methoxy groups -OCH3 is 1. The summed E-state index contributed by atoms with van der Waals surface area (Å²) in [6.07, 6.45) is 3.21. The first-order chi connectivity index (χ1) is 9.17. The molecule has 0 atom stereocenters. The van der Waals surface area contributed by atoms with Crippen molar-refractivity contribution in [3.63, 3.8) is 0 Å². The fraction of sp³-hybridized carbons (Fsp3) is 0.231. The second-order valence-electron chi connectivity index (χ2n) is 4.04. The van der Waals surface area contributed by atoms with Crippen LogP contribution in [0, 0.1) is 5.82 Å². The van der Waals surface area contributed by atoms with Crippen molar-refractivity contribution < 1.29 is 13.9 Å². The highest BCUT2D eigenvalue weighted by Gasteiger charge is 2.04. The Morgan fingerprint density at radius 1 is 1.53 bits per heavy atom. The normalized spacial score (nSPS) is 10.4. The molecule has 1 heterocycles. The van der Waals surface area contributed by atoms with Gasteiger partial charge in [0.25, 0.3) is 0 Å². The smallest absolute Gasteiger partial charge is 0.250 e. The predicted molar refractivity (Wildman–Crippen MR) is 68.2 cm³/mol. The maximum absolute atomic E-state index is 13.0. The summed E-state index contributed by atoms with van der Waals surface area (Å²) in [6.45, 7) is 0.437. The summed E-state index contributed by atoms with van der Waals surface area (Å²) in [5.74, 6) is -0.522. The van der Waals surface area contributed by atoms with Crippen molar-refractivity contribution in [2.24, 2.45) is 0 Å². The van der Waals surface area contributed by atoms with E-state index in [0.717, 1.165) is 5.56 Å². The predicted octanol–water partition coefficient (Wildman–Crippen LogP) is 1.66. The van der Waals surface area contributed by atoms with Gasteiger partial charge in [0.2, 0.25) is 5.91 Å². The molecular weight excluding hydrogens is 249 g/mol. The van der Waals surface area contributed by atoms with Crippen LogP contribution < -0.4 is 5.32 Å². The first-order valence-electron chi connectivity index (χ1n) is 5.73. The molecule has 1 aromatic heterocycles. The van der Waals surface area contributed by atoms with Crippen LogP contribution in [0.25, 0.3) is 0 Å². The van der Waals surface area contributed by atoms with Crippen LogP contribution >= 0.6 is 0 Å². The summed E-state index contributed by atoms with van der Waals surface area (Å²) in [5, 5.41) is 6.73. The zero-order valence-electron chi connectivity index (χ0n) is 10.5. The standard InChI is InChI=1S/C13H14FN3O2/c1-19-9-13(18)16-12-6-15-17(8-12)7-10-3-2-4-11(14)5-10/h2-6,8H,7,9H2,1H3,(H,16,18). The first-order valence-corrected chi connectivity index (χ1v) is 5.73. The minimum Gasteiger partial charge on any atom is -0.375 e. The lowest BCUT2D eigenvalue weighted by Gasteiger charge is -2.02. The SMILES string of the molecule is COCC(=O)Nc1cnn(Cc2cccc(F)c2)c1. The molecule has 19 heavy (non-hydrogen) atoms. The van der Waals surface area contributed by atoms with Crippen LogP contribution in [0.3, 0.4) is 0 Å². The number of carbonyl (C=O) groups is 1. The van der Waals surface area contributed by atoms with E-state index in [-0.39, 0.29) is 18.3 Å². The number of hydrogen-bond donors (Lipinski definition) is 1. The third kappa shape index (κ3) is 3.89. The van der Waals surface area contributed by atoms with Gasteiger partial charge in [-0.15, -0.1) is 0 Å². The van der Waals surface area contributed by atoms with Gasteiger partial charge in [-0.3, -0.25) is 9.48 Å². The number of halogens is 1. The Hall–Kier alpha value is -2.21. The molecule has 2 aromatic rings. The highest BCUT2D eigenvalue weighted by atomic mass is 19.1. The Kier molecular flexibility index (Phi) is 4.25. The molecule has 0 bridgehead atoms. The first kappa shape index (κ1) is 13.2. The molecular formula is C13H14FN3O2. The molecule has 1 N–H and O–H groups in total. The topological polar surface area (TPSA) is 56.1 Å². The monoisotopic (exact) mass is 263 g/mol. The third-order valence-corrected chi connectivity index (χ3v) is 2.43.